The number of aliphatic hydroxyl groups is 2. The Bertz CT molecular complexity index is 466. The molecule has 0 aromatic heterocycles. The van der Waals surface area contributed by atoms with Crippen molar-refractivity contribution in [2.24, 2.45) is 0 Å². The minimum Gasteiger partial charge on any atom is -0.364 e. The zero-order valence-electron chi connectivity index (χ0n) is 8.61. The Morgan fingerprint density at radius 3 is 2.38 bits per heavy atom. The second kappa shape index (κ2) is 4.04. The van der Waals surface area contributed by atoms with E-state index in [0.717, 1.165) is 0 Å². The molecule has 3 N–H and O–H groups in total. The maximum atomic E-state index is 11.7. The molecule has 1 aromatic rings. The Morgan fingerprint density at radius 1 is 1.31 bits per heavy atom. The summed E-state index contributed by atoms with van der Waals surface area (Å²) >= 11 is 0. The van der Waals surface area contributed by atoms with Crippen LogP contribution in [0.3, 0.4) is 0 Å². The van der Waals surface area contributed by atoms with Crippen molar-refractivity contribution >= 4 is 15.7 Å². The molecule has 5 nitrogen and oxygen atoms in total. The summed E-state index contributed by atoms with van der Waals surface area (Å²) in [6.45, 7) is 0.552. The third kappa shape index (κ3) is 2.04. The van der Waals surface area contributed by atoms with Crippen molar-refractivity contribution in [3.8, 4) is 0 Å². The largest absolute Gasteiger partial charge is 0.368 e. The highest BCUT2D eigenvalue weighted by Crippen LogP contribution is 2.25. The normalized spacial score (nSPS) is 25.3. The topological polar surface area (TPSA) is 82.2 Å². The van der Waals surface area contributed by atoms with Crippen molar-refractivity contribution in [1.29, 1.82) is 0 Å². The molecule has 0 bridgehead atoms. The van der Waals surface area contributed by atoms with Crippen LogP contribution in [0.2, 0.25) is 0 Å². The van der Waals surface area contributed by atoms with Gasteiger partial charge in [0.25, 0.3) is 0 Å². The molecule has 1 atom stereocenters. The van der Waals surface area contributed by atoms with Crippen LogP contribution in [0.1, 0.15) is 18.3 Å². The van der Waals surface area contributed by atoms with E-state index in [2.05, 4.69) is 0 Å². The van der Waals surface area contributed by atoms with Gasteiger partial charge in [-0.1, -0.05) is 12.1 Å². The monoisotopic (exact) mass is 244 g/mol. The summed E-state index contributed by atoms with van der Waals surface area (Å²) in [6.07, 6.45) is -0.814. The minimum atomic E-state index is -2.91. The number of aliphatic hydroxyl groups excluding tert-OH is 1. The van der Waals surface area contributed by atoms with E-state index in [1.807, 2.05) is 0 Å². The first-order chi connectivity index (χ1) is 7.50. The Morgan fingerprint density at radius 2 is 1.94 bits per heavy atom. The van der Waals surface area contributed by atoms with E-state index in [0.29, 0.717) is 24.2 Å². The number of nitrogens with zero attached hydrogens (tertiary/aromatic N) is 1. The summed E-state index contributed by atoms with van der Waals surface area (Å²) < 4.78 is 22.8. The molecule has 1 aliphatic rings. The highest BCUT2D eigenvalue weighted by Gasteiger charge is 2.33. The minimum absolute atomic E-state index is 0.289. The molecule has 1 unspecified atom stereocenters. The van der Waals surface area contributed by atoms with Gasteiger partial charge in [0.2, 0.25) is 0 Å². The second-order valence-electron chi connectivity index (χ2n) is 3.73. The number of rotatable bonds is 2. The molecule has 1 aromatic carbocycles. The van der Waals surface area contributed by atoms with Crippen LogP contribution in [0.15, 0.2) is 24.3 Å². The van der Waals surface area contributed by atoms with Crippen molar-refractivity contribution in [2.45, 2.75) is 12.7 Å². The third-order valence-corrected chi connectivity index (χ3v) is 4.50. The average molecular weight is 244 g/mol. The molecule has 1 heterocycles. The van der Waals surface area contributed by atoms with Gasteiger partial charge in [-0.05, 0) is 18.6 Å². The highest BCUT2D eigenvalue weighted by molar-refractivity contribution is 7.93. The van der Waals surface area contributed by atoms with Crippen LogP contribution in [-0.4, -0.2) is 30.9 Å². The van der Waals surface area contributed by atoms with Crippen LogP contribution in [-0.2, 0) is 10.0 Å². The smallest absolute Gasteiger partial charge is 0.364 e. The van der Waals surface area contributed by atoms with Gasteiger partial charge in [0, 0.05) is 12.1 Å². The molecule has 1 fully saturated rings. The van der Waals surface area contributed by atoms with Crippen LogP contribution in [0.5, 0.6) is 0 Å². The summed E-state index contributed by atoms with van der Waals surface area (Å²) in [5.74, 6) is 0.289. The molecule has 1 aliphatic heterocycles. The first-order valence-corrected chi connectivity index (χ1v) is 6.63. The zero-order chi connectivity index (χ0) is 11.8. The van der Waals surface area contributed by atoms with E-state index >= 15 is 0 Å². The quantitative estimate of drug-likeness (QED) is 0.582. The van der Waals surface area contributed by atoms with Gasteiger partial charge in [-0.2, -0.15) is 4.21 Å². The van der Waals surface area contributed by atoms with Gasteiger partial charge in [0.05, 0.1) is 5.69 Å². The van der Waals surface area contributed by atoms with Crippen LogP contribution < -0.4 is 4.31 Å². The molecule has 0 spiro atoms. The van der Waals surface area contributed by atoms with E-state index in [9.17, 15) is 8.42 Å². The fourth-order valence-corrected chi connectivity index (χ4v) is 3.35. The van der Waals surface area contributed by atoms with Gasteiger partial charge in [-0.25, -0.2) is 8.51 Å². The van der Waals surface area contributed by atoms with E-state index in [1.165, 1.54) is 16.4 Å². The predicted octanol–water partition coefficient (Wildman–Crippen LogP) is 0.367. The summed E-state index contributed by atoms with van der Waals surface area (Å²) in [6, 6.07) is 6.31. The van der Waals surface area contributed by atoms with Crippen molar-refractivity contribution in [3.05, 3.63) is 29.8 Å². The van der Waals surface area contributed by atoms with Gasteiger partial charge in [0.15, 0.2) is 6.29 Å². The zero-order valence-corrected chi connectivity index (χ0v) is 9.43. The lowest BCUT2D eigenvalue weighted by atomic mass is 10.2. The van der Waals surface area contributed by atoms with E-state index in [-0.39, 0.29) is 5.75 Å². The van der Waals surface area contributed by atoms with Crippen molar-refractivity contribution in [2.75, 3.05) is 16.6 Å². The van der Waals surface area contributed by atoms with E-state index in [1.54, 1.807) is 12.1 Å². The van der Waals surface area contributed by atoms with Crippen LogP contribution in [0.4, 0.5) is 5.69 Å². The van der Waals surface area contributed by atoms with Gasteiger partial charge in [0.1, 0.15) is 5.75 Å². The lowest BCUT2D eigenvalue weighted by molar-refractivity contribution is -0.0424. The average Bonchev–Trinajstić information content (AvgIpc) is 2.58. The summed E-state index contributed by atoms with van der Waals surface area (Å²) in [5, 5.41) is 17.8. The van der Waals surface area contributed by atoms with Gasteiger partial charge in [-0.3, -0.25) is 0 Å². The van der Waals surface area contributed by atoms with Crippen molar-refractivity contribution < 1.29 is 18.6 Å². The Hall–Kier alpha value is -1.11. The lowest BCUT2D eigenvalue weighted by Crippen LogP contribution is -2.24. The SMILES string of the molecule is O=S1(=[OH+])CCCN1c1ccc(C(O)O)cc1. The first kappa shape index (κ1) is 11.4. The first-order valence-electron chi connectivity index (χ1n) is 4.99. The maximum Gasteiger partial charge on any atom is 0.368 e. The molecular formula is C10H14NO4S+. The molecule has 0 radical (unpaired) electrons. The number of hydrogen-bond donors (Lipinski definition) is 2. The van der Waals surface area contributed by atoms with Gasteiger partial charge in [-0.15, -0.1) is 0 Å². The number of hydrogen-bond acceptors (Lipinski definition) is 3. The molecule has 0 amide bonds. The van der Waals surface area contributed by atoms with Crippen LogP contribution in [0.25, 0.3) is 0 Å². The predicted molar refractivity (Wildman–Crippen MR) is 60.5 cm³/mol. The molecular weight excluding hydrogens is 230 g/mol. The highest BCUT2D eigenvalue weighted by atomic mass is 32.2. The summed E-state index contributed by atoms with van der Waals surface area (Å²) in [7, 11) is -2.91. The van der Waals surface area contributed by atoms with Crippen molar-refractivity contribution in [3.63, 3.8) is 0 Å². The number of anilines is 1. The Labute approximate surface area is 94.0 Å². The third-order valence-electron chi connectivity index (χ3n) is 2.60. The lowest BCUT2D eigenvalue weighted by Gasteiger charge is -2.14. The van der Waals surface area contributed by atoms with Gasteiger partial charge < -0.3 is 10.2 Å². The summed E-state index contributed by atoms with van der Waals surface area (Å²) in [4.78, 5) is 0. The molecule has 1 saturated heterocycles. The van der Waals surface area contributed by atoms with Crippen LogP contribution in [0, 0.1) is 0 Å². The van der Waals surface area contributed by atoms with Gasteiger partial charge >= 0.3 is 10.0 Å². The Balaban J connectivity index is 2.29. The van der Waals surface area contributed by atoms with Crippen LogP contribution >= 0.6 is 0 Å². The molecule has 0 saturated carbocycles. The fraction of sp³-hybridized carbons (Fsp3) is 0.400. The number of benzene rings is 1. The second-order valence-corrected chi connectivity index (χ2v) is 5.79. The van der Waals surface area contributed by atoms with E-state index < -0.39 is 16.3 Å². The summed E-state index contributed by atoms with van der Waals surface area (Å²) in [5.41, 5.74) is 1.00. The molecule has 2 rings (SSSR count). The Kier molecular flexibility index (Phi) is 2.88. The van der Waals surface area contributed by atoms with E-state index in [4.69, 9.17) is 10.2 Å². The molecule has 16 heavy (non-hydrogen) atoms. The standard InChI is InChI=1S/C10H13NO4S/c12-10(13)8-2-4-9(5-3-8)11-6-1-7-16(11,14)15/h2-5,10,12-13H,1,6-7H2/p+1. The molecule has 0 aliphatic carbocycles. The maximum absolute atomic E-state index is 11.7. The molecule has 88 valence electrons. The molecule has 6 heteroatoms. The van der Waals surface area contributed by atoms with Crippen molar-refractivity contribution in [1.82, 2.24) is 0 Å². The fourth-order valence-electron chi connectivity index (χ4n) is 1.76.